The molecular formula is C16H17BrN4O3S. The highest BCUT2D eigenvalue weighted by molar-refractivity contribution is 9.10. The Hall–Kier alpha value is -1.97. The summed E-state index contributed by atoms with van der Waals surface area (Å²) in [5.41, 5.74) is 5.61. The molecule has 0 radical (unpaired) electrons. The predicted molar refractivity (Wildman–Crippen MR) is 102 cm³/mol. The Kier molecular flexibility index (Phi) is 4.56. The Bertz CT molecular complexity index is 1140. The fourth-order valence-corrected chi connectivity index (χ4v) is 5.39. The van der Waals surface area contributed by atoms with Crippen molar-refractivity contribution in [3.63, 3.8) is 0 Å². The van der Waals surface area contributed by atoms with Gasteiger partial charge in [0.2, 0.25) is 16.0 Å². The number of sulfonamides is 1. The molecule has 7 nitrogen and oxygen atoms in total. The van der Waals surface area contributed by atoms with Crippen molar-refractivity contribution in [2.75, 3.05) is 18.8 Å². The summed E-state index contributed by atoms with van der Waals surface area (Å²) in [4.78, 5) is 19.1. The van der Waals surface area contributed by atoms with Crippen LogP contribution in [0, 0.1) is 0 Å². The van der Waals surface area contributed by atoms with E-state index in [0.29, 0.717) is 33.9 Å². The van der Waals surface area contributed by atoms with E-state index in [0.717, 1.165) is 5.39 Å². The maximum atomic E-state index is 12.9. The standard InChI is InChI=1S/C16H17BrN4O3S/c1-3-21(4-2)25(23,24)13-8-10-9(7-11(13)17)5-6-12-14(10)15(22)20-16(18)19-12/h5-8H,3-4H2,1-2H3,(H3,18,19,20,22). The molecule has 0 aliphatic carbocycles. The van der Waals surface area contributed by atoms with Crippen LogP contribution in [0.4, 0.5) is 5.95 Å². The van der Waals surface area contributed by atoms with E-state index < -0.39 is 15.6 Å². The van der Waals surface area contributed by atoms with E-state index in [2.05, 4.69) is 25.9 Å². The van der Waals surface area contributed by atoms with E-state index >= 15 is 0 Å². The van der Waals surface area contributed by atoms with E-state index in [9.17, 15) is 13.2 Å². The van der Waals surface area contributed by atoms with Gasteiger partial charge in [-0.15, -0.1) is 0 Å². The van der Waals surface area contributed by atoms with Gasteiger partial charge in [0.15, 0.2) is 0 Å². The maximum absolute atomic E-state index is 12.9. The van der Waals surface area contributed by atoms with Crippen molar-refractivity contribution in [1.82, 2.24) is 14.3 Å². The van der Waals surface area contributed by atoms with Crippen LogP contribution in [0.1, 0.15) is 13.8 Å². The molecule has 0 saturated heterocycles. The Morgan fingerprint density at radius 1 is 1.24 bits per heavy atom. The largest absolute Gasteiger partial charge is 0.369 e. The first-order valence-electron chi connectivity index (χ1n) is 7.71. The molecule has 25 heavy (non-hydrogen) atoms. The van der Waals surface area contributed by atoms with Crippen LogP contribution in [0.15, 0.2) is 38.4 Å². The van der Waals surface area contributed by atoms with Gasteiger partial charge in [-0.2, -0.15) is 4.31 Å². The topological polar surface area (TPSA) is 109 Å². The number of nitrogens with one attached hydrogen (secondary N) is 1. The number of aromatic amines is 1. The third kappa shape index (κ3) is 2.92. The highest BCUT2D eigenvalue weighted by Gasteiger charge is 2.25. The zero-order valence-corrected chi connectivity index (χ0v) is 16.1. The Morgan fingerprint density at radius 2 is 1.92 bits per heavy atom. The molecule has 0 aliphatic heterocycles. The van der Waals surface area contributed by atoms with Gasteiger partial charge in [0.25, 0.3) is 5.56 Å². The summed E-state index contributed by atoms with van der Waals surface area (Å²) in [6, 6.07) is 6.68. The first kappa shape index (κ1) is 17.8. The van der Waals surface area contributed by atoms with Crippen molar-refractivity contribution < 1.29 is 8.42 Å². The third-order valence-corrected chi connectivity index (χ3v) is 7.09. The SMILES string of the molecule is CCN(CC)S(=O)(=O)c1cc2c(ccc3nc(N)[nH]c(=O)c32)cc1Br. The second kappa shape index (κ2) is 6.40. The average Bonchev–Trinajstić information content (AvgIpc) is 2.54. The van der Waals surface area contributed by atoms with Crippen LogP contribution >= 0.6 is 15.9 Å². The molecule has 1 heterocycles. The number of fused-ring (bicyclic) bond motifs is 3. The quantitative estimate of drug-likeness (QED) is 0.625. The number of benzene rings is 2. The number of halogens is 1. The van der Waals surface area contributed by atoms with Crippen molar-refractivity contribution in [2.24, 2.45) is 0 Å². The molecule has 0 saturated carbocycles. The second-order valence-electron chi connectivity index (χ2n) is 5.50. The van der Waals surface area contributed by atoms with Crippen molar-refractivity contribution in [3.8, 4) is 0 Å². The first-order chi connectivity index (χ1) is 11.8. The zero-order chi connectivity index (χ0) is 18.4. The van der Waals surface area contributed by atoms with Gasteiger partial charge in [0.05, 0.1) is 15.8 Å². The number of hydrogen-bond acceptors (Lipinski definition) is 5. The molecule has 2 aromatic carbocycles. The molecule has 1 aromatic heterocycles. The average molecular weight is 425 g/mol. The minimum absolute atomic E-state index is 0.0185. The molecule has 9 heteroatoms. The molecule has 3 N–H and O–H groups in total. The fourth-order valence-electron chi connectivity index (χ4n) is 2.88. The lowest BCUT2D eigenvalue weighted by Crippen LogP contribution is -2.30. The van der Waals surface area contributed by atoms with Crippen LogP contribution in [-0.2, 0) is 10.0 Å². The number of nitrogens with two attached hydrogens (primary N) is 1. The molecule has 0 bridgehead atoms. The van der Waals surface area contributed by atoms with E-state index in [-0.39, 0.29) is 10.8 Å². The zero-order valence-electron chi connectivity index (χ0n) is 13.7. The predicted octanol–water partition coefficient (Wildman–Crippen LogP) is 2.45. The van der Waals surface area contributed by atoms with E-state index in [1.165, 1.54) is 10.4 Å². The van der Waals surface area contributed by atoms with Crippen molar-refractivity contribution in [2.45, 2.75) is 18.7 Å². The van der Waals surface area contributed by atoms with E-state index in [4.69, 9.17) is 5.73 Å². The minimum Gasteiger partial charge on any atom is -0.369 e. The van der Waals surface area contributed by atoms with Gasteiger partial charge in [-0.25, -0.2) is 13.4 Å². The van der Waals surface area contributed by atoms with Crippen LogP contribution in [0.2, 0.25) is 0 Å². The van der Waals surface area contributed by atoms with Gasteiger partial charge in [-0.05, 0) is 44.9 Å². The monoisotopic (exact) mass is 424 g/mol. The number of hydrogen-bond donors (Lipinski definition) is 2. The Morgan fingerprint density at radius 3 is 2.56 bits per heavy atom. The summed E-state index contributed by atoms with van der Waals surface area (Å²) >= 11 is 3.35. The molecule has 0 aliphatic rings. The van der Waals surface area contributed by atoms with Gasteiger partial charge in [-0.1, -0.05) is 19.9 Å². The summed E-state index contributed by atoms with van der Waals surface area (Å²) in [7, 11) is -3.68. The van der Waals surface area contributed by atoms with Crippen molar-refractivity contribution in [1.29, 1.82) is 0 Å². The van der Waals surface area contributed by atoms with Crippen LogP contribution < -0.4 is 11.3 Å². The van der Waals surface area contributed by atoms with E-state index in [1.54, 1.807) is 32.0 Å². The number of nitrogens with zero attached hydrogens (tertiary/aromatic N) is 2. The molecule has 0 atom stereocenters. The molecule has 3 rings (SSSR count). The van der Waals surface area contributed by atoms with Gasteiger partial charge in [0.1, 0.15) is 0 Å². The number of anilines is 1. The Balaban J connectivity index is 2.42. The molecule has 0 spiro atoms. The van der Waals surface area contributed by atoms with Crippen molar-refractivity contribution in [3.05, 3.63) is 39.1 Å². The lowest BCUT2D eigenvalue weighted by molar-refractivity contribution is 0.445. The summed E-state index contributed by atoms with van der Waals surface area (Å²) in [5, 5.41) is 1.56. The maximum Gasteiger partial charge on any atom is 0.260 e. The highest BCUT2D eigenvalue weighted by atomic mass is 79.9. The van der Waals surface area contributed by atoms with Gasteiger partial charge < -0.3 is 5.73 Å². The van der Waals surface area contributed by atoms with Crippen molar-refractivity contribution >= 4 is 53.6 Å². The molecule has 0 unspecified atom stereocenters. The normalized spacial score (nSPS) is 12.3. The van der Waals surface area contributed by atoms with E-state index in [1.807, 2.05) is 0 Å². The number of rotatable bonds is 4. The molecule has 0 amide bonds. The molecular weight excluding hydrogens is 408 g/mol. The molecule has 3 aromatic rings. The number of aromatic nitrogens is 2. The minimum atomic E-state index is -3.68. The summed E-state index contributed by atoms with van der Waals surface area (Å²) in [6.45, 7) is 4.28. The summed E-state index contributed by atoms with van der Waals surface area (Å²) < 4.78 is 27.6. The fraction of sp³-hybridized carbons (Fsp3) is 0.250. The third-order valence-electron chi connectivity index (χ3n) is 4.08. The highest BCUT2D eigenvalue weighted by Crippen LogP contribution is 2.32. The van der Waals surface area contributed by atoms with Gasteiger partial charge >= 0.3 is 0 Å². The number of nitrogen functional groups attached to an aromatic ring is 1. The summed E-state index contributed by atoms with van der Waals surface area (Å²) in [6.07, 6.45) is 0. The second-order valence-corrected chi connectivity index (χ2v) is 8.26. The van der Waals surface area contributed by atoms with Crippen LogP contribution in [-0.4, -0.2) is 35.8 Å². The van der Waals surface area contributed by atoms with Crippen LogP contribution in [0.5, 0.6) is 0 Å². The molecule has 132 valence electrons. The summed E-state index contributed by atoms with van der Waals surface area (Å²) in [5.74, 6) is 0.0185. The lowest BCUT2D eigenvalue weighted by atomic mass is 10.1. The Labute approximate surface area is 153 Å². The first-order valence-corrected chi connectivity index (χ1v) is 9.94. The molecule has 0 fully saturated rings. The number of H-pyrrole nitrogens is 1. The van der Waals surface area contributed by atoms with Crippen LogP contribution in [0.3, 0.4) is 0 Å². The van der Waals surface area contributed by atoms with Gasteiger partial charge in [0, 0.05) is 17.6 Å². The lowest BCUT2D eigenvalue weighted by Gasteiger charge is -2.20. The van der Waals surface area contributed by atoms with Crippen LogP contribution in [0.25, 0.3) is 21.7 Å². The smallest absolute Gasteiger partial charge is 0.260 e. The van der Waals surface area contributed by atoms with Gasteiger partial charge in [-0.3, -0.25) is 9.78 Å².